The van der Waals surface area contributed by atoms with Crippen molar-refractivity contribution in [2.45, 2.75) is 19.4 Å². The van der Waals surface area contributed by atoms with Crippen molar-refractivity contribution in [3.05, 3.63) is 65.5 Å². The second kappa shape index (κ2) is 6.19. The standard InChI is InChI=1S/C16H15FO3/c1-11(16(18)19)13-7-8-15(14(17)9-13)20-10-12-5-3-2-4-6-12/h2-9,11H,10H2,1H3,(H,18,19)/t11-/m1/s1. The van der Waals surface area contributed by atoms with Gasteiger partial charge in [0.15, 0.2) is 11.6 Å². The minimum absolute atomic E-state index is 0.121. The summed E-state index contributed by atoms with van der Waals surface area (Å²) in [7, 11) is 0. The Morgan fingerprint density at radius 3 is 2.55 bits per heavy atom. The fourth-order valence-corrected chi connectivity index (χ4v) is 1.78. The molecule has 2 rings (SSSR count). The molecule has 3 nitrogen and oxygen atoms in total. The van der Waals surface area contributed by atoms with E-state index in [1.165, 1.54) is 19.1 Å². The fourth-order valence-electron chi connectivity index (χ4n) is 1.78. The van der Waals surface area contributed by atoms with E-state index in [1.54, 1.807) is 6.07 Å². The summed E-state index contributed by atoms with van der Waals surface area (Å²) in [4.78, 5) is 10.9. The van der Waals surface area contributed by atoms with Crippen molar-refractivity contribution < 1.29 is 19.0 Å². The van der Waals surface area contributed by atoms with Crippen LogP contribution in [0.5, 0.6) is 5.75 Å². The van der Waals surface area contributed by atoms with Gasteiger partial charge in [0.2, 0.25) is 0 Å². The molecule has 0 amide bonds. The van der Waals surface area contributed by atoms with Gasteiger partial charge >= 0.3 is 5.97 Å². The fraction of sp³-hybridized carbons (Fsp3) is 0.188. The van der Waals surface area contributed by atoms with Gasteiger partial charge in [-0.15, -0.1) is 0 Å². The lowest BCUT2D eigenvalue weighted by atomic mass is 10.0. The molecule has 0 aliphatic heterocycles. The number of hydrogen-bond acceptors (Lipinski definition) is 2. The molecule has 0 saturated carbocycles. The number of rotatable bonds is 5. The molecule has 0 aliphatic rings. The molecule has 2 aromatic carbocycles. The SMILES string of the molecule is C[C@@H](C(=O)O)c1ccc(OCc2ccccc2)c(F)c1. The third-order valence-corrected chi connectivity index (χ3v) is 3.06. The lowest BCUT2D eigenvalue weighted by molar-refractivity contribution is -0.138. The number of aliphatic carboxylic acids is 1. The lowest BCUT2D eigenvalue weighted by Crippen LogP contribution is -2.08. The van der Waals surface area contributed by atoms with Crippen molar-refractivity contribution in [2.75, 3.05) is 0 Å². The van der Waals surface area contributed by atoms with E-state index in [-0.39, 0.29) is 12.4 Å². The van der Waals surface area contributed by atoms with E-state index < -0.39 is 17.7 Å². The Hall–Kier alpha value is -2.36. The molecular formula is C16H15FO3. The maximum absolute atomic E-state index is 13.9. The van der Waals surface area contributed by atoms with Gasteiger partial charge in [0.1, 0.15) is 6.61 Å². The van der Waals surface area contributed by atoms with Crippen LogP contribution < -0.4 is 4.74 Å². The summed E-state index contributed by atoms with van der Waals surface area (Å²) < 4.78 is 19.3. The van der Waals surface area contributed by atoms with Gasteiger partial charge in [-0.2, -0.15) is 0 Å². The Kier molecular flexibility index (Phi) is 4.35. The highest BCUT2D eigenvalue weighted by Gasteiger charge is 2.15. The molecule has 0 bridgehead atoms. The first-order valence-electron chi connectivity index (χ1n) is 6.27. The Balaban J connectivity index is 2.08. The number of halogens is 1. The molecule has 0 aliphatic carbocycles. The van der Waals surface area contributed by atoms with Crippen molar-refractivity contribution in [1.29, 1.82) is 0 Å². The summed E-state index contributed by atoms with van der Waals surface area (Å²) >= 11 is 0. The van der Waals surface area contributed by atoms with Gasteiger partial charge < -0.3 is 9.84 Å². The molecule has 0 heterocycles. The van der Waals surface area contributed by atoms with Crippen molar-refractivity contribution in [3.63, 3.8) is 0 Å². The van der Waals surface area contributed by atoms with Crippen LogP contribution in [-0.2, 0) is 11.4 Å². The summed E-state index contributed by atoms with van der Waals surface area (Å²) in [5.41, 5.74) is 1.36. The van der Waals surface area contributed by atoms with E-state index in [9.17, 15) is 9.18 Å². The van der Waals surface area contributed by atoms with Crippen molar-refractivity contribution >= 4 is 5.97 Å². The van der Waals surface area contributed by atoms with Gasteiger partial charge in [-0.3, -0.25) is 4.79 Å². The van der Waals surface area contributed by atoms with Crippen LogP contribution in [0.1, 0.15) is 24.0 Å². The van der Waals surface area contributed by atoms with Crippen LogP contribution in [0.4, 0.5) is 4.39 Å². The van der Waals surface area contributed by atoms with Crippen LogP contribution in [0.2, 0.25) is 0 Å². The van der Waals surface area contributed by atoms with Crippen LogP contribution in [0.25, 0.3) is 0 Å². The van der Waals surface area contributed by atoms with E-state index in [1.807, 2.05) is 30.3 Å². The topological polar surface area (TPSA) is 46.5 Å². The first-order valence-corrected chi connectivity index (χ1v) is 6.27. The van der Waals surface area contributed by atoms with Crippen LogP contribution >= 0.6 is 0 Å². The molecule has 104 valence electrons. The number of carboxylic acid groups (broad SMARTS) is 1. The molecule has 0 unspecified atom stereocenters. The summed E-state index contributed by atoms with van der Waals surface area (Å²) in [6.07, 6.45) is 0. The summed E-state index contributed by atoms with van der Waals surface area (Å²) in [5.74, 6) is -2.16. The minimum Gasteiger partial charge on any atom is -0.486 e. The monoisotopic (exact) mass is 274 g/mol. The number of hydrogen-bond donors (Lipinski definition) is 1. The molecule has 0 radical (unpaired) electrons. The van der Waals surface area contributed by atoms with Gasteiger partial charge in [-0.25, -0.2) is 4.39 Å². The van der Waals surface area contributed by atoms with Crippen LogP contribution in [0, 0.1) is 5.82 Å². The van der Waals surface area contributed by atoms with E-state index in [0.29, 0.717) is 5.56 Å². The second-order valence-corrected chi connectivity index (χ2v) is 4.52. The molecular weight excluding hydrogens is 259 g/mol. The summed E-state index contributed by atoms with van der Waals surface area (Å²) in [5, 5.41) is 8.89. The highest BCUT2D eigenvalue weighted by atomic mass is 19.1. The van der Waals surface area contributed by atoms with E-state index >= 15 is 0 Å². The predicted octanol–water partition coefficient (Wildman–Crippen LogP) is 3.59. The van der Waals surface area contributed by atoms with Gasteiger partial charge in [0, 0.05) is 0 Å². The average molecular weight is 274 g/mol. The third-order valence-electron chi connectivity index (χ3n) is 3.06. The highest BCUT2D eigenvalue weighted by molar-refractivity contribution is 5.75. The molecule has 20 heavy (non-hydrogen) atoms. The van der Waals surface area contributed by atoms with Crippen LogP contribution in [-0.4, -0.2) is 11.1 Å². The van der Waals surface area contributed by atoms with Crippen LogP contribution in [0.15, 0.2) is 48.5 Å². The normalized spacial score (nSPS) is 11.9. The largest absolute Gasteiger partial charge is 0.486 e. The number of carboxylic acids is 1. The molecule has 0 fully saturated rings. The second-order valence-electron chi connectivity index (χ2n) is 4.52. The molecule has 0 saturated heterocycles. The van der Waals surface area contributed by atoms with Gasteiger partial charge in [-0.05, 0) is 30.2 Å². The predicted molar refractivity (Wildman–Crippen MR) is 73.2 cm³/mol. The molecule has 0 spiro atoms. The Morgan fingerprint density at radius 1 is 1.25 bits per heavy atom. The quantitative estimate of drug-likeness (QED) is 0.906. The number of ether oxygens (including phenoxy) is 1. The maximum atomic E-state index is 13.9. The van der Waals surface area contributed by atoms with Gasteiger partial charge in [0.05, 0.1) is 5.92 Å². The van der Waals surface area contributed by atoms with Crippen molar-refractivity contribution in [2.24, 2.45) is 0 Å². The van der Waals surface area contributed by atoms with Gasteiger partial charge in [-0.1, -0.05) is 36.4 Å². The first-order chi connectivity index (χ1) is 9.58. The van der Waals surface area contributed by atoms with E-state index in [4.69, 9.17) is 9.84 Å². The maximum Gasteiger partial charge on any atom is 0.310 e. The molecule has 0 aromatic heterocycles. The molecule has 1 N–H and O–H groups in total. The summed E-state index contributed by atoms with van der Waals surface area (Å²) in [6, 6.07) is 13.7. The Morgan fingerprint density at radius 2 is 1.95 bits per heavy atom. The Bertz CT molecular complexity index is 596. The number of benzene rings is 2. The number of carbonyl (C=O) groups is 1. The molecule has 4 heteroatoms. The third kappa shape index (κ3) is 3.35. The lowest BCUT2D eigenvalue weighted by Gasteiger charge is -2.10. The Labute approximate surface area is 116 Å². The first kappa shape index (κ1) is 14.1. The van der Waals surface area contributed by atoms with Gasteiger partial charge in [0.25, 0.3) is 0 Å². The highest BCUT2D eigenvalue weighted by Crippen LogP contribution is 2.24. The zero-order valence-electron chi connectivity index (χ0n) is 11.0. The minimum atomic E-state index is -0.984. The van der Waals surface area contributed by atoms with E-state index in [0.717, 1.165) is 5.56 Å². The zero-order chi connectivity index (χ0) is 14.5. The average Bonchev–Trinajstić information content (AvgIpc) is 2.46. The molecule has 1 atom stereocenters. The van der Waals surface area contributed by atoms with E-state index in [2.05, 4.69) is 0 Å². The molecule has 2 aromatic rings. The van der Waals surface area contributed by atoms with Crippen molar-refractivity contribution in [3.8, 4) is 5.75 Å². The van der Waals surface area contributed by atoms with Crippen LogP contribution in [0.3, 0.4) is 0 Å². The smallest absolute Gasteiger partial charge is 0.310 e. The zero-order valence-corrected chi connectivity index (χ0v) is 11.0. The summed E-state index contributed by atoms with van der Waals surface area (Å²) in [6.45, 7) is 1.78. The van der Waals surface area contributed by atoms with Crippen molar-refractivity contribution in [1.82, 2.24) is 0 Å².